The highest BCUT2D eigenvalue weighted by atomic mass is 127. The molecule has 2 rings (SSSR count). The third-order valence-electron chi connectivity index (χ3n) is 3.57. The number of nitrogens with zero attached hydrogens (tertiary/aromatic N) is 2. The molecular formula is C18H22ClIN4O3. The van der Waals surface area contributed by atoms with E-state index in [2.05, 4.69) is 15.6 Å². The fraction of sp³-hybridized carbons (Fsp3) is 0.278. The van der Waals surface area contributed by atoms with Crippen molar-refractivity contribution in [1.29, 1.82) is 0 Å². The number of aliphatic imine (C=N–C) groups is 1. The number of nitro groups is 1. The second-order valence-corrected chi connectivity index (χ2v) is 6.01. The van der Waals surface area contributed by atoms with Gasteiger partial charge in [0.05, 0.1) is 11.5 Å². The molecule has 0 aliphatic heterocycles. The number of nitrogens with one attached hydrogen (secondary N) is 2. The summed E-state index contributed by atoms with van der Waals surface area (Å²) in [5.41, 5.74) is 0.667. The lowest BCUT2D eigenvalue weighted by Gasteiger charge is -2.18. The van der Waals surface area contributed by atoms with Crippen LogP contribution in [0.5, 0.6) is 5.75 Å². The number of halogens is 2. The first-order valence-electron chi connectivity index (χ1n) is 8.08. The van der Waals surface area contributed by atoms with E-state index in [1.165, 1.54) is 6.07 Å². The van der Waals surface area contributed by atoms with E-state index in [1.54, 1.807) is 49.5 Å². The third-order valence-corrected chi connectivity index (χ3v) is 3.82. The summed E-state index contributed by atoms with van der Waals surface area (Å²) in [6.07, 6.45) is -0.110. The Kier molecular flexibility index (Phi) is 9.87. The fourth-order valence-corrected chi connectivity index (χ4v) is 2.39. The van der Waals surface area contributed by atoms with Gasteiger partial charge in [0.25, 0.3) is 5.69 Å². The number of nitro benzene ring substituents is 1. The maximum absolute atomic E-state index is 11.1. The van der Waals surface area contributed by atoms with Gasteiger partial charge in [-0.3, -0.25) is 15.1 Å². The van der Waals surface area contributed by atoms with Crippen LogP contribution < -0.4 is 15.4 Å². The molecule has 0 aromatic heterocycles. The van der Waals surface area contributed by atoms with Crippen LogP contribution in [0, 0.1) is 10.1 Å². The van der Waals surface area contributed by atoms with Gasteiger partial charge in [0, 0.05) is 30.2 Å². The van der Waals surface area contributed by atoms with Gasteiger partial charge in [-0.2, -0.15) is 0 Å². The Morgan fingerprint density at radius 2 is 1.89 bits per heavy atom. The predicted octanol–water partition coefficient (Wildman–Crippen LogP) is 4.00. The Balaban J connectivity index is 0.00000364. The van der Waals surface area contributed by atoms with E-state index < -0.39 is 4.92 Å². The molecule has 0 saturated carbocycles. The molecule has 0 saturated heterocycles. The number of guanidine groups is 1. The molecule has 1 atom stereocenters. The minimum absolute atomic E-state index is 0. The molecule has 2 aromatic rings. The van der Waals surface area contributed by atoms with Crippen LogP contribution in [0.1, 0.15) is 12.5 Å². The van der Waals surface area contributed by atoms with E-state index in [0.717, 1.165) is 5.75 Å². The molecular weight excluding hydrogens is 483 g/mol. The summed E-state index contributed by atoms with van der Waals surface area (Å²) in [6, 6.07) is 13.8. The lowest BCUT2D eigenvalue weighted by atomic mass is 10.2. The van der Waals surface area contributed by atoms with Gasteiger partial charge >= 0.3 is 0 Å². The van der Waals surface area contributed by atoms with Crippen LogP contribution in [-0.2, 0) is 6.54 Å². The van der Waals surface area contributed by atoms with Crippen LogP contribution in [0.25, 0.3) is 0 Å². The SMILES string of the molecule is CN=C(NCc1ccccc1[N+](=O)[O-])NCC(C)Oc1ccc(Cl)cc1.I. The minimum Gasteiger partial charge on any atom is -0.489 e. The lowest BCUT2D eigenvalue weighted by Crippen LogP contribution is -2.41. The van der Waals surface area contributed by atoms with Crippen LogP contribution >= 0.6 is 35.6 Å². The van der Waals surface area contributed by atoms with Gasteiger partial charge in [-0.15, -0.1) is 24.0 Å². The molecule has 0 amide bonds. The summed E-state index contributed by atoms with van der Waals surface area (Å²) in [5.74, 6) is 1.27. The van der Waals surface area contributed by atoms with Crippen LogP contribution in [0.15, 0.2) is 53.5 Å². The zero-order chi connectivity index (χ0) is 18.9. The highest BCUT2D eigenvalue weighted by Crippen LogP contribution is 2.17. The van der Waals surface area contributed by atoms with Gasteiger partial charge in [-0.25, -0.2) is 0 Å². The maximum atomic E-state index is 11.1. The van der Waals surface area contributed by atoms with Crippen molar-refractivity contribution < 1.29 is 9.66 Å². The van der Waals surface area contributed by atoms with Crippen molar-refractivity contribution in [2.45, 2.75) is 19.6 Å². The van der Waals surface area contributed by atoms with E-state index >= 15 is 0 Å². The first kappa shape index (κ1) is 23.0. The van der Waals surface area contributed by atoms with Crippen LogP contribution in [-0.4, -0.2) is 30.6 Å². The van der Waals surface area contributed by atoms with Crippen LogP contribution in [0.4, 0.5) is 5.69 Å². The van der Waals surface area contributed by atoms with Crippen molar-refractivity contribution in [3.63, 3.8) is 0 Å². The van der Waals surface area contributed by atoms with Crippen molar-refractivity contribution in [1.82, 2.24) is 10.6 Å². The highest BCUT2D eigenvalue weighted by Gasteiger charge is 2.12. The molecule has 146 valence electrons. The van der Waals surface area contributed by atoms with Crippen molar-refractivity contribution in [2.24, 2.45) is 4.99 Å². The van der Waals surface area contributed by atoms with Gasteiger partial charge in [-0.05, 0) is 31.2 Å². The minimum atomic E-state index is -0.394. The first-order chi connectivity index (χ1) is 12.5. The number of benzene rings is 2. The van der Waals surface area contributed by atoms with Gasteiger partial charge in [0.2, 0.25) is 0 Å². The topological polar surface area (TPSA) is 88.8 Å². The second-order valence-electron chi connectivity index (χ2n) is 5.57. The molecule has 2 N–H and O–H groups in total. The molecule has 0 aliphatic rings. The van der Waals surface area contributed by atoms with E-state index in [0.29, 0.717) is 29.6 Å². The molecule has 27 heavy (non-hydrogen) atoms. The summed E-state index contributed by atoms with van der Waals surface area (Å²) >= 11 is 5.85. The Morgan fingerprint density at radius 1 is 1.22 bits per heavy atom. The van der Waals surface area contributed by atoms with Crippen LogP contribution in [0.2, 0.25) is 5.02 Å². The maximum Gasteiger partial charge on any atom is 0.274 e. The molecule has 0 bridgehead atoms. The van der Waals surface area contributed by atoms with E-state index in [1.807, 2.05) is 6.92 Å². The zero-order valence-corrected chi connectivity index (χ0v) is 18.1. The standard InChI is InChI=1S/C18H21ClN4O3.HI/c1-13(26-16-9-7-15(19)8-10-16)11-21-18(20-2)22-12-14-5-3-4-6-17(14)23(24)25;/h3-10,13H,11-12H2,1-2H3,(H2,20,21,22);1H. The summed E-state index contributed by atoms with van der Waals surface area (Å²) in [7, 11) is 1.64. The predicted molar refractivity (Wildman–Crippen MR) is 118 cm³/mol. The smallest absolute Gasteiger partial charge is 0.274 e. The third kappa shape index (κ3) is 7.59. The first-order valence-corrected chi connectivity index (χ1v) is 8.46. The normalized spacial score (nSPS) is 11.9. The average Bonchev–Trinajstić information content (AvgIpc) is 2.64. The van der Waals surface area contributed by atoms with Gasteiger partial charge in [0.1, 0.15) is 11.9 Å². The number of ether oxygens (including phenoxy) is 1. The van der Waals surface area contributed by atoms with Crippen LogP contribution in [0.3, 0.4) is 0 Å². The second kappa shape index (κ2) is 11.6. The van der Waals surface area contributed by atoms with Gasteiger partial charge in [0.15, 0.2) is 5.96 Å². The van der Waals surface area contributed by atoms with Crippen molar-refractivity contribution in [3.8, 4) is 5.75 Å². The van der Waals surface area contributed by atoms with E-state index in [9.17, 15) is 10.1 Å². The molecule has 0 spiro atoms. The zero-order valence-electron chi connectivity index (χ0n) is 15.0. The quantitative estimate of drug-likeness (QED) is 0.196. The highest BCUT2D eigenvalue weighted by molar-refractivity contribution is 14.0. The monoisotopic (exact) mass is 504 g/mol. The lowest BCUT2D eigenvalue weighted by molar-refractivity contribution is -0.385. The summed E-state index contributed by atoms with van der Waals surface area (Å²) < 4.78 is 5.78. The van der Waals surface area contributed by atoms with Crippen molar-refractivity contribution in [3.05, 3.63) is 69.2 Å². The molecule has 0 radical (unpaired) electrons. The summed E-state index contributed by atoms with van der Waals surface area (Å²) in [6.45, 7) is 2.74. The number of hydrogen-bond acceptors (Lipinski definition) is 4. The number of rotatable bonds is 7. The number of para-hydroxylation sites is 1. The molecule has 7 nitrogen and oxygen atoms in total. The molecule has 1 unspecified atom stereocenters. The fourth-order valence-electron chi connectivity index (χ4n) is 2.27. The Bertz CT molecular complexity index is 771. The Labute approximate surface area is 180 Å². The van der Waals surface area contributed by atoms with E-state index in [4.69, 9.17) is 16.3 Å². The average molecular weight is 505 g/mol. The molecule has 0 aliphatic carbocycles. The largest absolute Gasteiger partial charge is 0.489 e. The van der Waals surface area contributed by atoms with Crippen molar-refractivity contribution in [2.75, 3.05) is 13.6 Å². The molecule has 0 fully saturated rings. The summed E-state index contributed by atoms with van der Waals surface area (Å²) in [5, 5.41) is 17.9. The molecule has 0 heterocycles. The Morgan fingerprint density at radius 3 is 2.52 bits per heavy atom. The van der Waals surface area contributed by atoms with Gasteiger partial charge in [-0.1, -0.05) is 29.8 Å². The number of hydrogen-bond donors (Lipinski definition) is 2. The van der Waals surface area contributed by atoms with E-state index in [-0.39, 0.29) is 35.8 Å². The van der Waals surface area contributed by atoms with Gasteiger partial charge < -0.3 is 15.4 Å². The van der Waals surface area contributed by atoms with Crippen molar-refractivity contribution >= 4 is 47.2 Å². The molecule has 2 aromatic carbocycles. The summed E-state index contributed by atoms with van der Waals surface area (Å²) in [4.78, 5) is 14.8. The Hall–Kier alpha value is -2.07. The molecule has 9 heteroatoms.